The van der Waals surface area contributed by atoms with Gasteiger partial charge in [0.15, 0.2) is 0 Å². The third-order valence-corrected chi connectivity index (χ3v) is 6.57. The molecule has 0 atom stereocenters. The zero-order valence-electron chi connectivity index (χ0n) is 29.8. The van der Waals surface area contributed by atoms with Crippen molar-refractivity contribution in [1.82, 2.24) is 0 Å². The zero-order valence-corrected chi connectivity index (χ0v) is 29.8. The molecule has 0 saturated carbocycles. The highest BCUT2D eigenvalue weighted by Crippen LogP contribution is 2.08. The lowest BCUT2D eigenvalue weighted by Crippen LogP contribution is -2.15. The van der Waals surface area contributed by atoms with Crippen molar-refractivity contribution in [2.75, 3.05) is 119 Å². The van der Waals surface area contributed by atoms with Gasteiger partial charge in [0.05, 0.1) is 92.5 Å². The largest absolute Gasteiger partial charge is 0.463 e. The highest BCUT2D eigenvalue weighted by Gasteiger charge is 2.07. The summed E-state index contributed by atoms with van der Waals surface area (Å²) < 4.78 is 51.8. The highest BCUT2D eigenvalue weighted by molar-refractivity contribution is 5.70. The Morgan fingerprint density at radius 1 is 0.280 bits per heavy atom. The van der Waals surface area contributed by atoms with Gasteiger partial charge in [-0.2, -0.15) is 0 Å². The van der Waals surface area contributed by atoms with Gasteiger partial charge in [0.2, 0.25) is 0 Å². The molecule has 16 heteroatoms. The number of ether oxygens (including phenoxy) is 10. The summed E-state index contributed by atoms with van der Waals surface area (Å²) in [6.45, 7) is 4.48. The number of aliphatic hydroxyl groups excluding tert-OH is 2. The molecule has 294 valence electrons. The van der Waals surface area contributed by atoms with E-state index in [2.05, 4.69) is 0 Å². The predicted molar refractivity (Wildman–Crippen MR) is 178 cm³/mol. The number of hydrogen-bond acceptors (Lipinski definition) is 16. The van der Waals surface area contributed by atoms with Crippen LogP contribution >= 0.6 is 0 Å². The summed E-state index contributed by atoms with van der Waals surface area (Å²) >= 11 is 0. The molecule has 0 fully saturated rings. The molecule has 0 aliphatic heterocycles. The fourth-order valence-electron chi connectivity index (χ4n) is 4.03. The van der Waals surface area contributed by atoms with Gasteiger partial charge in [-0.05, 0) is 25.7 Å². The van der Waals surface area contributed by atoms with Crippen LogP contribution < -0.4 is 0 Å². The van der Waals surface area contributed by atoms with Crippen LogP contribution in [0.3, 0.4) is 0 Å². The van der Waals surface area contributed by atoms with Crippen molar-refractivity contribution in [3.8, 4) is 0 Å². The number of aliphatic hydroxyl groups is 2. The molecule has 0 heterocycles. The summed E-state index contributed by atoms with van der Waals surface area (Å²) in [6, 6.07) is 0. The molecule has 0 spiro atoms. The van der Waals surface area contributed by atoms with Crippen LogP contribution in [0, 0.1) is 0 Å². The third-order valence-electron chi connectivity index (χ3n) is 6.57. The normalized spacial score (nSPS) is 11.0. The molecule has 0 bridgehead atoms. The first-order valence-electron chi connectivity index (χ1n) is 17.8. The van der Waals surface area contributed by atoms with Crippen LogP contribution in [-0.2, 0) is 66.5 Å². The van der Waals surface area contributed by atoms with Crippen molar-refractivity contribution in [2.24, 2.45) is 0 Å². The average Bonchev–Trinajstić information content (AvgIpc) is 3.10. The van der Waals surface area contributed by atoms with Gasteiger partial charge in [-0.25, -0.2) is 0 Å². The maximum Gasteiger partial charge on any atom is 0.305 e. The van der Waals surface area contributed by atoms with E-state index in [4.69, 9.17) is 57.6 Å². The summed E-state index contributed by atoms with van der Waals surface area (Å²) in [4.78, 5) is 47.1. The van der Waals surface area contributed by atoms with Gasteiger partial charge in [0.1, 0.15) is 26.4 Å². The highest BCUT2D eigenvalue weighted by atomic mass is 16.6. The standard InChI is InChI=1S/C34H62O16/c35-13-15-41-17-19-43-23-27-47-31(37)9-5-1-3-7-11-33(39)49-29-25-45-21-22-46-26-30-50-34(40)12-8-4-2-6-10-32(38)48-28-24-44-20-18-42-16-14-36/h35-36H,1-30H2. The summed E-state index contributed by atoms with van der Waals surface area (Å²) in [5, 5.41) is 17.2. The van der Waals surface area contributed by atoms with Crippen LogP contribution in [0.25, 0.3) is 0 Å². The molecule has 0 aromatic rings. The van der Waals surface area contributed by atoms with Crippen molar-refractivity contribution in [2.45, 2.75) is 77.0 Å². The number of unbranched alkanes of at least 4 members (excludes halogenated alkanes) is 6. The van der Waals surface area contributed by atoms with Crippen LogP contribution in [0.4, 0.5) is 0 Å². The first-order chi connectivity index (χ1) is 24.5. The Hall–Kier alpha value is -2.44. The molecule has 0 aromatic heterocycles. The van der Waals surface area contributed by atoms with Gasteiger partial charge < -0.3 is 57.6 Å². The topological polar surface area (TPSA) is 201 Å². The fourth-order valence-corrected chi connectivity index (χ4v) is 4.03. The van der Waals surface area contributed by atoms with Crippen LogP contribution in [0.1, 0.15) is 77.0 Å². The van der Waals surface area contributed by atoms with Gasteiger partial charge in [0.25, 0.3) is 0 Å². The Morgan fingerprint density at radius 3 is 0.700 bits per heavy atom. The lowest BCUT2D eigenvalue weighted by Gasteiger charge is -2.08. The number of hydrogen-bond donors (Lipinski definition) is 2. The van der Waals surface area contributed by atoms with E-state index in [1.165, 1.54) is 0 Å². The molecule has 16 nitrogen and oxygen atoms in total. The van der Waals surface area contributed by atoms with Crippen LogP contribution in [0.2, 0.25) is 0 Å². The smallest absolute Gasteiger partial charge is 0.305 e. The van der Waals surface area contributed by atoms with Crippen molar-refractivity contribution < 1.29 is 76.8 Å². The van der Waals surface area contributed by atoms with Crippen LogP contribution in [0.5, 0.6) is 0 Å². The average molecular weight is 727 g/mol. The molecule has 0 rings (SSSR count). The minimum Gasteiger partial charge on any atom is -0.463 e. The van der Waals surface area contributed by atoms with E-state index >= 15 is 0 Å². The van der Waals surface area contributed by atoms with Crippen molar-refractivity contribution >= 4 is 23.9 Å². The Morgan fingerprint density at radius 2 is 0.480 bits per heavy atom. The van der Waals surface area contributed by atoms with Gasteiger partial charge in [-0.3, -0.25) is 19.2 Å². The fraction of sp³-hybridized carbons (Fsp3) is 0.882. The van der Waals surface area contributed by atoms with Gasteiger partial charge in [-0.1, -0.05) is 25.7 Å². The lowest BCUT2D eigenvalue weighted by molar-refractivity contribution is -0.147. The molecule has 2 N–H and O–H groups in total. The SMILES string of the molecule is O=C(CCCCCCC(=O)OCCOCCOCCOC(=O)CCCCCCC(=O)OCCOCCOCCO)OCCOCCOCCO. The summed E-state index contributed by atoms with van der Waals surface area (Å²) in [5.74, 6) is -1.12. The maximum atomic E-state index is 11.8. The summed E-state index contributed by atoms with van der Waals surface area (Å²) in [5.41, 5.74) is 0. The molecule has 0 aromatic carbocycles. The molecule has 0 aliphatic rings. The summed E-state index contributed by atoms with van der Waals surface area (Å²) in [7, 11) is 0. The van der Waals surface area contributed by atoms with Crippen molar-refractivity contribution in [3.63, 3.8) is 0 Å². The molecule has 0 amide bonds. The molecule has 0 unspecified atom stereocenters. The molecule has 50 heavy (non-hydrogen) atoms. The van der Waals surface area contributed by atoms with Crippen molar-refractivity contribution in [1.29, 1.82) is 0 Å². The van der Waals surface area contributed by atoms with Crippen LogP contribution in [0.15, 0.2) is 0 Å². The lowest BCUT2D eigenvalue weighted by atomic mass is 10.1. The van der Waals surface area contributed by atoms with Gasteiger partial charge >= 0.3 is 23.9 Å². The third kappa shape index (κ3) is 38.4. The van der Waals surface area contributed by atoms with E-state index in [0.29, 0.717) is 104 Å². The Balaban J connectivity index is 3.36. The Kier molecular flexibility index (Phi) is 37.4. The zero-order chi connectivity index (χ0) is 36.6. The number of carbonyl (C=O) groups is 4. The molecule has 0 aliphatic carbocycles. The number of rotatable bonds is 39. The minimum absolute atomic E-state index is 0.0264. The van der Waals surface area contributed by atoms with Gasteiger partial charge in [-0.15, -0.1) is 0 Å². The van der Waals surface area contributed by atoms with Crippen LogP contribution in [-0.4, -0.2) is 153 Å². The minimum atomic E-state index is -0.288. The van der Waals surface area contributed by atoms with Crippen molar-refractivity contribution in [3.05, 3.63) is 0 Å². The maximum absolute atomic E-state index is 11.8. The van der Waals surface area contributed by atoms with E-state index in [-0.39, 0.29) is 89.9 Å². The second kappa shape index (κ2) is 39.3. The molecule has 0 radical (unpaired) electrons. The van der Waals surface area contributed by atoms with E-state index in [1.54, 1.807) is 0 Å². The van der Waals surface area contributed by atoms with E-state index in [9.17, 15) is 19.2 Å². The molecule has 0 saturated heterocycles. The number of carbonyl (C=O) groups excluding carboxylic acids is 4. The number of esters is 4. The summed E-state index contributed by atoms with van der Waals surface area (Å²) in [6.07, 6.45) is 7.26. The first-order valence-corrected chi connectivity index (χ1v) is 17.8. The second-order valence-corrected chi connectivity index (χ2v) is 10.8. The van der Waals surface area contributed by atoms with E-state index in [0.717, 1.165) is 25.7 Å². The quantitative estimate of drug-likeness (QED) is 0.0528. The molecular formula is C34H62O16. The first kappa shape index (κ1) is 47.6. The Bertz CT molecular complexity index is 733. The second-order valence-electron chi connectivity index (χ2n) is 10.8. The van der Waals surface area contributed by atoms with Gasteiger partial charge in [0, 0.05) is 25.7 Å². The van der Waals surface area contributed by atoms with E-state index in [1.807, 2.05) is 0 Å². The Labute approximate surface area is 296 Å². The monoisotopic (exact) mass is 726 g/mol. The molecular weight excluding hydrogens is 664 g/mol. The predicted octanol–water partition coefficient (Wildman–Crippen LogP) is 1.92. The van der Waals surface area contributed by atoms with E-state index < -0.39 is 0 Å².